The van der Waals surface area contributed by atoms with E-state index < -0.39 is 0 Å². The quantitative estimate of drug-likeness (QED) is 0.450. The zero-order chi connectivity index (χ0) is 9.23. The Balaban J connectivity index is 2.97. The third kappa shape index (κ3) is 8.69. The van der Waals surface area contributed by atoms with Gasteiger partial charge in [0.2, 0.25) is 0 Å². The number of thioether (sulfide) groups is 1. The van der Waals surface area contributed by atoms with Gasteiger partial charge in [0, 0.05) is 24.3 Å². The third-order valence-corrected chi connectivity index (χ3v) is 3.10. The van der Waals surface area contributed by atoms with Gasteiger partial charge in [-0.2, -0.15) is 11.8 Å². The first-order chi connectivity index (χ1) is 5.81. The Morgan fingerprint density at radius 3 is 2.83 bits per heavy atom. The maximum atomic E-state index is 5.62. The van der Waals surface area contributed by atoms with Crippen LogP contribution in [0.3, 0.4) is 0 Å². The molecule has 1 unspecified atom stereocenters. The number of hydrogen-bond donors (Lipinski definition) is 0. The van der Waals surface area contributed by atoms with E-state index in [1.165, 1.54) is 5.75 Å². The lowest BCUT2D eigenvalue weighted by Gasteiger charge is -2.08. The van der Waals surface area contributed by atoms with E-state index in [1.807, 2.05) is 18.7 Å². The first kappa shape index (κ1) is 12.6. The van der Waals surface area contributed by atoms with Crippen molar-refractivity contribution in [3.63, 3.8) is 0 Å². The van der Waals surface area contributed by atoms with Gasteiger partial charge in [0.25, 0.3) is 0 Å². The molecule has 74 valence electrons. The maximum absolute atomic E-state index is 5.62. The highest BCUT2D eigenvalue weighted by Gasteiger charge is 2.00. The normalized spacial score (nSPS) is 13.2. The van der Waals surface area contributed by atoms with Gasteiger partial charge in [0.05, 0.1) is 0 Å². The number of alkyl halides is 1. The summed E-state index contributed by atoms with van der Waals surface area (Å²) in [6, 6.07) is 0. The minimum atomic E-state index is 0.698. The zero-order valence-electron chi connectivity index (χ0n) is 8.01. The van der Waals surface area contributed by atoms with Gasteiger partial charge in [-0.1, -0.05) is 6.92 Å². The van der Waals surface area contributed by atoms with Gasteiger partial charge >= 0.3 is 0 Å². The van der Waals surface area contributed by atoms with E-state index in [0.29, 0.717) is 5.25 Å². The largest absolute Gasteiger partial charge is 0.382 e. The molecule has 0 rings (SSSR count). The number of hydrogen-bond acceptors (Lipinski definition) is 2. The molecular weight excluding hydrogens is 192 g/mol. The molecule has 0 aromatic heterocycles. The molecule has 3 heteroatoms. The smallest absolute Gasteiger partial charge is 0.0473 e. The van der Waals surface area contributed by atoms with Gasteiger partial charge in [-0.3, -0.25) is 0 Å². The molecule has 0 heterocycles. The van der Waals surface area contributed by atoms with Crippen LogP contribution in [-0.2, 0) is 4.74 Å². The predicted molar refractivity (Wildman–Crippen MR) is 58.4 cm³/mol. The fourth-order valence-corrected chi connectivity index (χ4v) is 2.25. The van der Waals surface area contributed by atoms with Crippen LogP contribution in [-0.4, -0.2) is 30.1 Å². The van der Waals surface area contributed by atoms with Crippen molar-refractivity contribution in [2.45, 2.75) is 31.9 Å². The van der Waals surface area contributed by atoms with Crippen molar-refractivity contribution in [3.8, 4) is 0 Å². The fourth-order valence-electron chi connectivity index (χ4n) is 0.827. The highest BCUT2D eigenvalue weighted by Crippen LogP contribution is 2.15. The standard InChI is InChI=1S/C9H19ClOS/c1-3-11-7-4-8-12-9(2)5-6-10/h9H,3-8H2,1-2H3. The summed E-state index contributed by atoms with van der Waals surface area (Å²) in [5.74, 6) is 1.97. The highest BCUT2D eigenvalue weighted by atomic mass is 35.5. The summed E-state index contributed by atoms with van der Waals surface area (Å²) in [7, 11) is 0. The molecule has 0 radical (unpaired) electrons. The van der Waals surface area contributed by atoms with Crippen LogP contribution in [0.1, 0.15) is 26.7 Å². The highest BCUT2D eigenvalue weighted by molar-refractivity contribution is 7.99. The molecule has 12 heavy (non-hydrogen) atoms. The molecule has 0 fully saturated rings. The number of ether oxygens (including phenoxy) is 1. The van der Waals surface area contributed by atoms with Crippen LogP contribution in [0.5, 0.6) is 0 Å². The molecule has 1 atom stereocenters. The molecule has 0 saturated carbocycles. The third-order valence-electron chi connectivity index (χ3n) is 1.56. The molecule has 0 saturated heterocycles. The van der Waals surface area contributed by atoms with E-state index in [1.54, 1.807) is 0 Å². The van der Waals surface area contributed by atoms with Crippen LogP contribution in [0.15, 0.2) is 0 Å². The van der Waals surface area contributed by atoms with Crippen LogP contribution in [0, 0.1) is 0 Å². The molecule has 0 aliphatic carbocycles. The fraction of sp³-hybridized carbons (Fsp3) is 1.00. The summed E-state index contributed by atoms with van der Waals surface area (Å²) in [6.07, 6.45) is 2.27. The summed E-state index contributed by atoms with van der Waals surface area (Å²) >= 11 is 7.61. The molecule has 0 aliphatic rings. The Morgan fingerprint density at radius 1 is 1.50 bits per heavy atom. The second-order valence-corrected chi connectivity index (χ2v) is 4.63. The van der Waals surface area contributed by atoms with Crippen LogP contribution in [0.25, 0.3) is 0 Å². The molecule has 0 aliphatic heterocycles. The Hall–Kier alpha value is 0.600. The summed E-state index contributed by atoms with van der Waals surface area (Å²) in [4.78, 5) is 0. The van der Waals surface area contributed by atoms with Crippen LogP contribution < -0.4 is 0 Å². The van der Waals surface area contributed by atoms with Gasteiger partial charge in [0.15, 0.2) is 0 Å². The molecule has 0 bridgehead atoms. The van der Waals surface area contributed by atoms with Crippen molar-refractivity contribution in [1.82, 2.24) is 0 Å². The van der Waals surface area contributed by atoms with Gasteiger partial charge in [-0.15, -0.1) is 11.6 Å². The molecule has 0 N–H and O–H groups in total. The molecular formula is C9H19ClOS. The molecule has 0 aromatic rings. The summed E-state index contributed by atoms with van der Waals surface area (Å²) < 4.78 is 5.24. The van der Waals surface area contributed by atoms with Crippen molar-refractivity contribution in [2.24, 2.45) is 0 Å². The van der Waals surface area contributed by atoms with Crippen LogP contribution in [0.2, 0.25) is 0 Å². The minimum absolute atomic E-state index is 0.698. The van der Waals surface area contributed by atoms with Gasteiger partial charge in [-0.25, -0.2) is 0 Å². The predicted octanol–water partition coefficient (Wildman–Crippen LogP) is 3.16. The summed E-state index contributed by atoms with van der Waals surface area (Å²) in [6.45, 7) is 6.00. The van der Waals surface area contributed by atoms with Gasteiger partial charge in [-0.05, 0) is 25.5 Å². The minimum Gasteiger partial charge on any atom is -0.382 e. The molecule has 0 aromatic carbocycles. The van der Waals surface area contributed by atoms with E-state index in [9.17, 15) is 0 Å². The van der Waals surface area contributed by atoms with E-state index in [-0.39, 0.29) is 0 Å². The average Bonchev–Trinajstić information content (AvgIpc) is 2.05. The lowest BCUT2D eigenvalue weighted by Crippen LogP contribution is -2.01. The lowest BCUT2D eigenvalue weighted by atomic mass is 10.4. The van der Waals surface area contributed by atoms with Gasteiger partial charge in [0.1, 0.15) is 0 Å². The zero-order valence-corrected chi connectivity index (χ0v) is 9.59. The Morgan fingerprint density at radius 2 is 2.25 bits per heavy atom. The first-order valence-corrected chi connectivity index (χ1v) is 6.14. The van der Waals surface area contributed by atoms with Crippen molar-refractivity contribution in [1.29, 1.82) is 0 Å². The monoisotopic (exact) mass is 210 g/mol. The summed E-state index contributed by atoms with van der Waals surface area (Å²) in [5, 5.41) is 0.698. The second-order valence-electron chi connectivity index (χ2n) is 2.71. The Bertz CT molecular complexity index is 90.6. The van der Waals surface area contributed by atoms with Crippen LogP contribution in [0.4, 0.5) is 0 Å². The Kier molecular flexibility index (Phi) is 10.2. The first-order valence-electron chi connectivity index (χ1n) is 4.56. The molecule has 1 nitrogen and oxygen atoms in total. The number of halogens is 1. The van der Waals surface area contributed by atoms with E-state index in [2.05, 4.69) is 6.92 Å². The lowest BCUT2D eigenvalue weighted by molar-refractivity contribution is 0.149. The van der Waals surface area contributed by atoms with E-state index in [0.717, 1.165) is 31.9 Å². The second kappa shape index (κ2) is 9.69. The van der Waals surface area contributed by atoms with E-state index in [4.69, 9.17) is 16.3 Å². The van der Waals surface area contributed by atoms with Crippen molar-refractivity contribution < 1.29 is 4.74 Å². The van der Waals surface area contributed by atoms with Crippen molar-refractivity contribution >= 4 is 23.4 Å². The maximum Gasteiger partial charge on any atom is 0.0473 e. The topological polar surface area (TPSA) is 9.23 Å². The van der Waals surface area contributed by atoms with Gasteiger partial charge < -0.3 is 4.74 Å². The molecule has 0 spiro atoms. The van der Waals surface area contributed by atoms with Crippen molar-refractivity contribution in [3.05, 3.63) is 0 Å². The molecule has 0 amide bonds. The number of rotatable bonds is 8. The SMILES string of the molecule is CCOCCCSC(C)CCCl. The van der Waals surface area contributed by atoms with Crippen LogP contribution >= 0.6 is 23.4 Å². The average molecular weight is 211 g/mol. The van der Waals surface area contributed by atoms with E-state index >= 15 is 0 Å². The van der Waals surface area contributed by atoms with Crippen molar-refractivity contribution in [2.75, 3.05) is 24.8 Å². The summed E-state index contributed by atoms with van der Waals surface area (Å²) in [5.41, 5.74) is 0. The Labute approximate surface area is 85.2 Å².